The highest BCUT2D eigenvalue weighted by Crippen LogP contribution is 2.22. The van der Waals surface area contributed by atoms with Gasteiger partial charge < -0.3 is 9.47 Å². The van der Waals surface area contributed by atoms with E-state index in [2.05, 4.69) is 10.1 Å². The van der Waals surface area contributed by atoms with E-state index in [1.807, 2.05) is 10.7 Å². The van der Waals surface area contributed by atoms with Gasteiger partial charge in [-0.25, -0.2) is 14.2 Å². The first-order valence-electron chi connectivity index (χ1n) is 10.5. The van der Waals surface area contributed by atoms with Gasteiger partial charge in [-0.2, -0.15) is 5.10 Å². The van der Waals surface area contributed by atoms with Gasteiger partial charge in [-0.1, -0.05) is 0 Å². The van der Waals surface area contributed by atoms with Gasteiger partial charge in [-0.05, 0) is 36.8 Å². The molecule has 0 fully saturated rings. The number of imidazole rings is 1. The van der Waals surface area contributed by atoms with Crippen LogP contribution in [0.4, 0.5) is 4.39 Å². The lowest BCUT2D eigenvalue weighted by molar-refractivity contribution is -0.132. The molecule has 0 radical (unpaired) electrons. The lowest BCUT2D eigenvalue weighted by Gasteiger charge is -2.20. The number of nitrogens with zero attached hydrogens (tertiary/aromatic N) is 7. The van der Waals surface area contributed by atoms with Crippen LogP contribution in [0.2, 0.25) is 0 Å². The van der Waals surface area contributed by atoms with Crippen LogP contribution in [0.25, 0.3) is 22.4 Å². The van der Waals surface area contributed by atoms with Gasteiger partial charge in [0.05, 0.1) is 24.3 Å². The van der Waals surface area contributed by atoms with Crippen LogP contribution >= 0.6 is 0 Å². The number of halogens is 1. The van der Waals surface area contributed by atoms with E-state index < -0.39 is 11.2 Å². The number of hydrogen-bond donors (Lipinski definition) is 0. The maximum Gasteiger partial charge on any atom is 0.332 e. The maximum atomic E-state index is 13.3. The van der Waals surface area contributed by atoms with E-state index in [0.717, 1.165) is 27.9 Å². The molecule has 1 amide bonds. The molecular formula is C22H22FN7O3. The van der Waals surface area contributed by atoms with Crippen molar-refractivity contribution in [2.75, 3.05) is 6.54 Å². The second kappa shape index (κ2) is 7.84. The molecule has 4 heterocycles. The zero-order valence-electron chi connectivity index (χ0n) is 18.2. The van der Waals surface area contributed by atoms with Gasteiger partial charge in [0.2, 0.25) is 5.91 Å². The molecule has 0 saturated heterocycles. The summed E-state index contributed by atoms with van der Waals surface area (Å²) < 4.78 is 18.9. The SMILES string of the molecule is Cn1c(=O)c2c(ncn2CC(=O)N2CCCn3nc(-c4ccc(F)cc4)cc3C2)n(C)c1=O. The summed E-state index contributed by atoms with van der Waals surface area (Å²) in [7, 11) is 2.94. The van der Waals surface area contributed by atoms with Crippen molar-refractivity contribution < 1.29 is 9.18 Å². The third-order valence-corrected chi connectivity index (χ3v) is 6.03. The number of aryl methyl sites for hydroxylation is 2. The van der Waals surface area contributed by atoms with E-state index in [1.54, 1.807) is 17.0 Å². The molecule has 170 valence electrons. The summed E-state index contributed by atoms with van der Waals surface area (Å²) >= 11 is 0. The van der Waals surface area contributed by atoms with Crippen molar-refractivity contribution in [3.63, 3.8) is 0 Å². The first kappa shape index (κ1) is 20.9. The number of amides is 1. The molecule has 5 rings (SSSR count). The minimum atomic E-state index is -0.490. The molecule has 1 aromatic carbocycles. The number of rotatable bonds is 3. The molecule has 11 heteroatoms. The Bertz CT molecular complexity index is 1490. The molecule has 3 aromatic heterocycles. The number of carbonyl (C=O) groups excluding carboxylic acids is 1. The normalized spacial score (nSPS) is 13.8. The zero-order valence-corrected chi connectivity index (χ0v) is 18.2. The number of hydrogen-bond acceptors (Lipinski definition) is 5. The summed E-state index contributed by atoms with van der Waals surface area (Å²) in [6.07, 6.45) is 2.14. The molecule has 0 unspecified atom stereocenters. The molecule has 0 aliphatic carbocycles. The van der Waals surface area contributed by atoms with Crippen molar-refractivity contribution in [3.05, 3.63) is 69.0 Å². The summed E-state index contributed by atoms with van der Waals surface area (Å²) in [5.41, 5.74) is 1.91. The summed E-state index contributed by atoms with van der Waals surface area (Å²) in [5, 5.41) is 4.62. The highest BCUT2D eigenvalue weighted by atomic mass is 19.1. The van der Waals surface area contributed by atoms with Gasteiger partial charge in [-0.3, -0.25) is 23.4 Å². The fraction of sp³-hybridized carbons (Fsp3) is 0.318. The van der Waals surface area contributed by atoms with Crippen LogP contribution in [0.5, 0.6) is 0 Å². The average molecular weight is 451 g/mol. The second-order valence-corrected chi connectivity index (χ2v) is 8.17. The van der Waals surface area contributed by atoms with Crippen LogP contribution in [0.1, 0.15) is 12.1 Å². The van der Waals surface area contributed by atoms with E-state index in [9.17, 15) is 18.8 Å². The van der Waals surface area contributed by atoms with Gasteiger partial charge >= 0.3 is 5.69 Å². The summed E-state index contributed by atoms with van der Waals surface area (Å²) in [6.45, 7) is 1.52. The lowest BCUT2D eigenvalue weighted by Crippen LogP contribution is -2.38. The summed E-state index contributed by atoms with van der Waals surface area (Å²) in [6, 6.07) is 8.06. The molecule has 0 bridgehead atoms. The fourth-order valence-electron chi connectivity index (χ4n) is 4.20. The van der Waals surface area contributed by atoms with Crippen molar-refractivity contribution in [1.29, 1.82) is 0 Å². The van der Waals surface area contributed by atoms with Crippen LogP contribution in [0.15, 0.2) is 46.2 Å². The molecule has 10 nitrogen and oxygen atoms in total. The lowest BCUT2D eigenvalue weighted by atomic mass is 10.1. The van der Waals surface area contributed by atoms with E-state index in [-0.39, 0.29) is 29.4 Å². The van der Waals surface area contributed by atoms with Crippen LogP contribution in [0.3, 0.4) is 0 Å². The van der Waals surface area contributed by atoms with Crippen molar-refractivity contribution in [1.82, 2.24) is 33.4 Å². The Morgan fingerprint density at radius 2 is 1.85 bits per heavy atom. The average Bonchev–Trinajstić information content (AvgIpc) is 3.35. The maximum absolute atomic E-state index is 13.3. The number of benzene rings is 1. The van der Waals surface area contributed by atoms with Gasteiger partial charge in [-0.15, -0.1) is 0 Å². The Morgan fingerprint density at radius 1 is 1.09 bits per heavy atom. The van der Waals surface area contributed by atoms with E-state index in [0.29, 0.717) is 19.6 Å². The quantitative estimate of drug-likeness (QED) is 0.460. The topological polar surface area (TPSA) is 99.9 Å². The predicted molar refractivity (Wildman–Crippen MR) is 118 cm³/mol. The fourth-order valence-corrected chi connectivity index (χ4v) is 4.20. The van der Waals surface area contributed by atoms with Gasteiger partial charge in [0.15, 0.2) is 11.2 Å². The summed E-state index contributed by atoms with van der Waals surface area (Å²) in [4.78, 5) is 43.8. The predicted octanol–water partition coefficient (Wildman–Crippen LogP) is 0.869. The molecular weight excluding hydrogens is 429 g/mol. The standard InChI is InChI=1S/C22H22FN7O3/c1-26-20-19(21(32)27(2)22(26)33)29(13-24-20)12-18(31)28-8-3-9-30-16(11-28)10-17(25-30)14-4-6-15(23)7-5-14/h4-7,10,13H,3,8-9,11-12H2,1-2H3. The van der Waals surface area contributed by atoms with E-state index >= 15 is 0 Å². The van der Waals surface area contributed by atoms with Crippen LogP contribution in [-0.2, 0) is 38.5 Å². The Labute approximate surface area is 187 Å². The summed E-state index contributed by atoms with van der Waals surface area (Å²) in [5.74, 6) is -0.471. The van der Waals surface area contributed by atoms with Gasteiger partial charge in [0.25, 0.3) is 5.56 Å². The second-order valence-electron chi connectivity index (χ2n) is 8.17. The number of aromatic nitrogens is 6. The molecule has 4 aromatic rings. The molecule has 0 spiro atoms. The van der Waals surface area contributed by atoms with Gasteiger partial charge in [0.1, 0.15) is 12.4 Å². The minimum absolute atomic E-state index is 0.0666. The molecule has 33 heavy (non-hydrogen) atoms. The van der Waals surface area contributed by atoms with E-state index in [1.165, 1.54) is 41.7 Å². The Balaban J connectivity index is 1.41. The monoisotopic (exact) mass is 451 g/mol. The van der Waals surface area contributed by atoms with Crippen molar-refractivity contribution >= 4 is 17.1 Å². The minimum Gasteiger partial charge on any atom is -0.335 e. The molecule has 0 saturated carbocycles. The Morgan fingerprint density at radius 3 is 2.61 bits per heavy atom. The highest BCUT2D eigenvalue weighted by Gasteiger charge is 2.23. The van der Waals surface area contributed by atoms with Crippen LogP contribution < -0.4 is 11.2 Å². The van der Waals surface area contributed by atoms with Crippen molar-refractivity contribution in [3.8, 4) is 11.3 Å². The van der Waals surface area contributed by atoms with Crippen LogP contribution in [0, 0.1) is 5.82 Å². The third kappa shape index (κ3) is 3.55. The molecule has 0 atom stereocenters. The Kier molecular flexibility index (Phi) is 4.95. The first-order valence-corrected chi connectivity index (χ1v) is 10.5. The molecule has 1 aliphatic heterocycles. The van der Waals surface area contributed by atoms with Crippen molar-refractivity contribution in [2.45, 2.75) is 26.1 Å². The highest BCUT2D eigenvalue weighted by molar-refractivity contribution is 5.79. The third-order valence-electron chi connectivity index (χ3n) is 6.03. The van der Waals surface area contributed by atoms with Crippen LogP contribution in [-0.4, -0.2) is 45.8 Å². The van der Waals surface area contributed by atoms with Crippen molar-refractivity contribution in [2.24, 2.45) is 14.1 Å². The van der Waals surface area contributed by atoms with Gasteiger partial charge in [0, 0.05) is 32.7 Å². The first-order chi connectivity index (χ1) is 15.8. The largest absolute Gasteiger partial charge is 0.335 e. The molecule has 0 N–H and O–H groups in total. The smallest absolute Gasteiger partial charge is 0.332 e. The zero-order chi connectivity index (χ0) is 23.3. The molecule has 1 aliphatic rings. The number of fused-ring (bicyclic) bond motifs is 2. The Hall–Kier alpha value is -4.02. The van der Waals surface area contributed by atoms with E-state index in [4.69, 9.17) is 0 Å². The number of carbonyl (C=O) groups is 1.